The predicted octanol–water partition coefficient (Wildman–Crippen LogP) is 0.151. The summed E-state index contributed by atoms with van der Waals surface area (Å²) >= 11 is 0. The summed E-state index contributed by atoms with van der Waals surface area (Å²) in [7, 11) is -3.28. The highest BCUT2D eigenvalue weighted by atomic mass is 32.2. The van der Waals surface area contributed by atoms with E-state index in [0.29, 0.717) is 0 Å². The van der Waals surface area contributed by atoms with Gasteiger partial charge in [0.25, 0.3) is 10.0 Å². The minimum Gasteiger partial charge on any atom is -0.338 e. The summed E-state index contributed by atoms with van der Waals surface area (Å²) in [4.78, 5) is 1.68. The van der Waals surface area contributed by atoms with Crippen molar-refractivity contribution in [3.63, 3.8) is 0 Å². The number of nitrogens with zero attached hydrogens (tertiary/aromatic N) is 2. The summed E-state index contributed by atoms with van der Waals surface area (Å²) in [5.41, 5.74) is 0. The van der Waals surface area contributed by atoms with Crippen LogP contribution in [0.1, 0.15) is 6.92 Å². The van der Waals surface area contributed by atoms with E-state index in [0.717, 1.165) is 12.0 Å². The van der Waals surface area contributed by atoms with Gasteiger partial charge in [0.2, 0.25) is 0 Å². The summed E-state index contributed by atoms with van der Waals surface area (Å²) in [5.74, 6) is 0. The molecule has 5 heteroatoms. The van der Waals surface area contributed by atoms with Crippen LogP contribution in [0.3, 0.4) is 0 Å². The minimum absolute atomic E-state index is 0.732. The average molecular weight is 160 g/mol. The third-order valence-electron chi connectivity index (χ3n) is 1.13. The van der Waals surface area contributed by atoms with Gasteiger partial charge in [0.05, 0.1) is 5.41 Å². The van der Waals surface area contributed by atoms with E-state index in [1.54, 1.807) is 4.90 Å². The molecule has 0 saturated heterocycles. The molecule has 0 aromatic heterocycles. The standard InChI is InChI=1S/C5H8N2O2S/c1-2-7-3-4-10(8,9)6-5-7/h3-5H,2H2,1H3. The maximum atomic E-state index is 10.6. The lowest BCUT2D eigenvalue weighted by Gasteiger charge is -2.12. The zero-order valence-electron chi connectivity index (χ0n) is 5.56. The van der Waals surface area contributed by atoms with Crippen molar-refractivity contribution >= 4 is 16.4 Å². The molecule has 0 atom stereocenters. The van der Waals surface area contributed by atoms with Crippen LogP contribution in [0.15, 0.2) is 16.0 Å². The summed E-state index contributed by atoms with van der Waals surface area (Å²) in [6.07, 6.45) is 2.79. The smallest absolute Gasteiger partial charge is 0.278 e. The first-order valence-electron chi connectivity index (χ1n) is 2.88. The molecule has 4 nitrogen and oxygen atoms in total. The van der Waals surface area contributed by atoms with Crippen molar-refractivity contribution in [2.24, 2.45) is 4.40 Å². The van der Waals surface area contributed by atoms with Gasteiger partial charge in [-0.2, -0.15) is 8.42 Å². The van der Waals surface area contributed by atoms with Crippen molar-refractivity contribution in [1.82, 2.24) is 4.90 Å². The fraction of sp³-hybridized carbons (Fsp3) is 0.400. The Hall–Kier alpha value is -0.840. The highest BCUT2D eigenvalue weighted by Crippen LogP contribution is 2.01. The van der Waals surface area contributed by atoms with Crippen LogP contribution in [-0.2, 0) is 10.0 Å². The van der Waals surface area contributed by atoms with E-state index in [9.17, 15) is 8.42 Å². The first-order chi connectivity index (χ1) is 4.64. The summed E-state index contributed by atoms with van der Waals surface area (Å²) in [5, 5.41) is 1.08. The topological polar surface area (TPSA) is 49.7 Å². The monoisotopic (exact) mass is 160 g/mol. The lowest BCUT2D eigenvalue weighted by atomic mass is 10.6. The molecule has 0 N–H and O–H groups in total. The van der Waals surface area contributed by atoms with E-state index in [-0.39, 0.29) is 0 Å². The van der Waals surface area contributed by atoms with E-state index < -0.39 is 10.0 Å². The second-order valence-electron chi connectivity index (χ2n) is 1.85. The summed E-state index contributed by atoms with van der Waals surface area (Å²) in [6, 6.07) is 0. The highest BCUT2D eigenvalue weighted by Gasteiger charge is 2.06. The van der Waals surface area contributed by atoms with Crippen LogP contribution in [0, 0.1) is 0 Å². The SMILES string of the molecule is CCN1C=CS(=O)(=O)N=C1. The molecular formula is C5H8N2O2S. The summed E-state index contributed by atoms with van der Waals surface area (Å²) in [6.45, 7) is 2.64. The van der Waals surface area contributed by atoms with Gasteiger partial charge in [-0.3, -0.25) is 0 Å². The molecule has 0 spiro atoms. The van der Waals surface area contributed by atoms with E-state index in [1.165, 1.54) is 12.5 Å². The number of hydrogen-bond acceptors (Lipinski definition) is 3. The molecule has 1 rings (SSSR count). The van der Waals surface area contributed by atoms with Crippen LogP contribution in [-0.4, -0.2) is 26.2 Å². The van der Waals surface area contributed by atoms with Crippen LogP contribution >= 0.6 is 0 Å². The Balaban J connectivity index is 2.81. The van der Waals surface area contributed by atoms with Gasteiger partial charge >= 0.3 is 0 Å². The van der Waals surface area contributed by atoms with E-state index in [1.807, 2.05) is 6.92 Å². The molecule has 56 valence electrons. The molecular weight excluding hydrogens is 152 g/mol. The Morgan fingerprint density at radius 2 is 2.30 bits per heavy atom. The van der Waals surface area contributed by atoms with Gasteiger partial charge in [-0.25, -0.2) is 0 Å². The van der Waals surface area contributed by atoms with Gasteiger partial charge in [-0.1, -0.05) is 0 Å². The lowest BCUT2D eigenvalue weighted by Crippen LogP contribution is -2.18. The van der Waals surface area contributed by atoms with Crippen molar-refractivity contribution < 1.29 is 8.42 Å². The molecule has 1 aliphatic rings. The molecule has 10 heavy (non-hydrogen) atoms. The van der Waals surface area contributed by atoms with Gasteiger partial charge in [-0.05, 0) is 6.92 Å². The second-order valence-corrected chi connectivity index (χ2v) is 3.36. The maximum absolute atomic E-state index is 10.6. The van der Waals surface area contributed by atoms with E-state index in [4.69, 9.17) is 0 Å². The molecule has 0 radical (unpaired) electrons. The van der Waals surface area contributed by atoms with Crippen LogP contribution in [0.5, 0.6) is 0 Å². The Morgan fingerprint density at radius 1 is 1.60 bits per heavy atom. The zero-order valence-corrected chi connectivity index (χ0v) is 6.37. The molecule has 0 bridgehead atoms. The van der Waals surface area contributed by atoms with E-state index in [2.05, 4.69) is 4.40 Å². The molecule has 1 aliphatic heterocycles. The Morgan fingerprint density at radius 3 is 2.70 bits per heavy atom. The van der Waals surface area contributed by atoms with Gasteiger partial charge in [0.15, 0.2) is 0 Å². The van der Waals surface area contributed by atoms with Crippen LogP contribution < -0.4 is 0 Å². The summed E-state index contributed by atoms with van der Waals surface area (Å²) < 4.78 is 24.5. The Bertz CT molecular complexity index is 245. The third kappa shape index (κ3) is 1.57. The van der Waals surface area contributed by atoms with Crippen molar-refractivity contribution in [3.8, 4) is 0 Å². The fourth-order valence-corrected chi connectivity index (χ4v) is 1.17. The molecule has 1 heterocycles. The number of sulfonamides is 1. The molecule has 0 aromatic carbocycles. The third-order valence-corrected chi connectivity index (χ3v) is 1.99. The highest BCUT2D eigenvalue weighted by molar-refractivity contribution is 7.93. The van der Waals surface area contributed by atoms with Crippen LogP contribution in [0.25, 0.3) is 0 Å². The Labute approximate surface area is 59.9 Å². The van der Waals surface area contributed by atoms with Crippen molar-refractivity contribution in [3.05, 3.63) is 11.6 Å². The normalized spacial score (nSPS) is 21.5. The van der Waals surface area contributed by atoms with E-state index >= 15 is 0 Å². The van der Waals surface area contributed by atoms with Crippen molar-refractivity contribution in [1.29, 1.82) is 0 Å². The first kappa shape index (κ1) is 7.27. The fourth-order valence-electron chi connectivity index (χ4n) is 0.542. The number of hydrogen-bond donors (Lipinski definition) is 0. The molecule has 0 unspecified atom stereocenters. The van der Waals surface area contributed by atoms with Crippen LogP contribution in [0.4, 0.5) is 0 Å². The minimum atomic E-state index is -3.28. The molecule has 0 amide bonds. The quantitative estimate of drug-likeness (QED) is 0.548. The molecule has 0 fully saturated rings. The lowest BCUT2D eigenvalue weighted by molar-refractivity contribution is 0.584. The zero-order chi connectivity index (χ0) is 7.61. The second kappa shape index (κ2) is 2.42. The molecule has 0 aliphatic carbocycles. The first-order valence-corrected chi connectivity index (χ1v) is 4.39. The van der Waals surface area contributed by atoms with Gasteiger partial charge < -0.3 is 4.90 Å². The maximum Gasteiger partial charge on any atom is 0.278 e. The van der Waals surface area contributed by atoms with Gasteiger partial charge in [-0.15, -0.1) is 4.40 Å². The van der Waals surface area contributed by atoms with Crippen LogP contribution in [0.2, 0.25) is 0 Å². The Kier molecular flexibility index (Phi) is 1.76. The largest absolute Gasteiger partial charge is 0.338 e. The predicted molar refractivity (Wildman–Crippen MR) is 38.9 cm³/mol. The molecule has 0 saturated carbocycles. The van der Waals surface area contributed by atoms with Crippen molar-refractivity contribution in [2.45, 2.75) is 6.92 Å². The molecule has 0 aromatic rings. The van der Waals surface area contributed by atoms with Crippen molar-refractivity contribution in [2.75, 3.05) is 6.54 Å². The van der Waals surface area contributed by atoms with Gasteiger partial charge in [0, 0.05) is 12.7 Å². The van der Waals surface area contributed by atoms with Gasteiger partial charge in [0.1, 0.15) is 6.34 Å². The average Bonchev–Trinajstić information content (AvgIpc) is 1.88. The number of rotatable bonds is 1.